The van der Waals surface area contributed by atoms with Crippen LogP contribution in [0.25, 0.3) is 0 Å². The number of nitrogens with two attached hydrogens (primary N) is 1. The Morgan fingerprint density at radius 3 is 2.32 bits per heavy atom. The van der Waals surface area contributed by atoms with E-state index in [1.165, 1.54) is 17.7 Å². The van der Waals surface area contributed by atoms with E-state index >= 15 is 0 Å². The number of benzene rings is 2. The van der Waals surface area contributed by atoms with Crippen molar-refractivity contribution in [1.82, 2.24) is 4.90 Å². The summed E-state index contributed by atoms with van der Waals surface area (Å²) >= 11 is 0. The molecule has 0 aromatic heterocycles. The van der Waals surface area contributed by atoms with Crippen molar-refractivity contribution in [2.24, 2.45) is 5.73 Å². The minimum atomic E-state index is -4.67. The maximum Gasteiger partial charge on any atom is 0.573 e. The van der Waals surface area contributed by atoms with Gasteiger partial charge >= 0.3 is 6.36 Å². The summed E-state index contributed by atoms with van der Waals surface area (Å²) in [7, 11) is 1.94. The van der Waals surface area contributed by atoms with Crippen LogP contribution >= 0.6 is 0 Å². The molecule has 1 atom stereocenters. The Bertz CT molecular complexity index is 632. The second kappa shape index (κ2) is 8.73. The number of hydrogen-bond acceptors (Lipinski definition) is 4. The first-order chi connectivity index (χ1) is 11.8. The summed E-state index contributed by atoms with van der Waals surface area (Å²) in [6, 6.07) is 15.7. The van der Waals surface area contributed by atoms with Crippen molar-refractivity contribution in [3.05, 3.63) is 60.2 Å². The maximum absolute atomic E-state index is 12.1. The number of rotatable bonds is 8. The largest absolute Gasteiger partial charge is 0.573 e. The number of nitrogens with one attached hydrogen (secondary N) is 1. The van der Waals surface area contributed by atoms with Gasteiger partial charge in [-0.3, -0.25) is 4.90 Å². The zero-order valence-corrected chi connectivity index (χ0v) is 14.0. The van der Waals surface area contributed by atoms with E-state index in [4.69, 9.17) is 5.73 Å². The fourth-order valence-corrected chi connectivity index (χ4v) is 2.33. The van der Waals surface area contributed by atoms with Crippen molar-refractivity contribution in [3.8, 4) is 5.75 Å². The zero-order valence-electron chi connectivity index (χ0n) is 14.0. The molecule has 2 aromatic carbocycles. The quantitative estimate of drug-likeness (QED) is 0.714. The Balaban J connectivity index is 1.74. The highest BCUT2D eigenvalue weighted by Crippen LogP contribution is 2.23. The summed E-state index contributed by atoms with van der Waals surface area (Å²) in [6.45, 7) is 1.33. The van der Waals surface area contributed by atoms with Crippen LogP contribution in [0.2, 0.25) is 0 Å². The number of anilines is 1. The summed E-state index contributed by atoms with van der Waals surface area (Å²) in [5.41, 5.74) is 8.08. The SMILES string of the molecule is CN(CCNc1ccc(OC(F)(F)F)cc1)C(N)Cc1ccccc1. The van der Waals surface area contributed by atoms with Gasteiger partial charge in [-0.2, -0.15) is 0 Å². The number of hydrogen-bond donors (Lipinski definition) is 2. The lowest BCUT2D eigenvalue weighted by Gasteiger charge is -2.25. The molecule has 25 heavy (non-hydrogen) atoms. The predicted molar refractivity (Wildman–Crippen MR) is 92.4 cm³/mol. The van der Waals surface area contributed by atoms with E-state index in [9.17, 15) is 13.2 Å². The van der Waals surface area contributed by atoms with Crippen LogP contribution in [0.15, 0.2) is 54.6 Å². The standard InChI is InChI=1S/C18H22F3N3O/c1-24(17(22)13-14-5-3-2-4-6-14)12-11-23-15-7-9-16(10-8-15)25-18(19,20)21/h2-10,17,23H,11-13,22H2,1H3. The summed E-state index contributed by atoms with van der Waals surface area (Å²) in [5, 5.41) is 3.15. The Labute approximate surface area is 145 Å². The van der Waals surface area contributed by atoms with Gasteiger partial charge in [-0.05, 0) is 36.9 Å². The van der Waals surface area contributed by atoms with E-state index in [0.717, 1.165) is 12.1 Å². The number of likely N-dealkylation sites (N-methyl/N-ethyl adjacent to an activating group) is 1. The summed E-state index contributed by atoms with van der Waals surface area (Å²) in [4.78, 5) is 2.03. The first-order valence-electron chi connectivity index (χ1n) is 7.93. The molecule has 0 saturated carbocycles. The van der Waals surface area contributed by atoms with Crippen LogP contribution in [0.4, 0.5) is 18.9 Å². The second-order valence-corrected chi connectivity index (χ2v) is 5.74. The van der Waals surface area contributed by atoms with Gasteiger partial charge in [-0.25, -0.2) is 0 Å². The van der Waals surface area contributed by atoms with Crippen LogP contribution in [-0.4, -0.2) is 37.6 Å². The van der Waals surface area contributed by atoms with Crippen LogP contribution in [0.1, 0.15) is 5.56 Å². The maximum atomic E-state index is 12.1. The Morgan fingerprint density at radius 2 is 1.72 bits per heavy atom. The van der Waals surface area contributed by atoms with Crippen molar-refractivity contribution >= 4 is 5.69 Å². The smallest absolute Gasteiger partial charge is 0.406 e. The van der Waals surface area contributed by atoms with Crippen molar-refractivity contribution in [2.75, 3.05) is 25.5 Å². The van der Waals surface area contributed by atoms with E-state index in [1.807, 2.05) is 42.3 Å². The van der Waals surface area contributed by atoms with Crippen molar-refractivity contribution in [3.63, 3.8) is 0 Å². The molecule has 0 heterocycles. The highest BCUT2D eigenvalue weighted by atomic mass is 19.4. The van der Waals surface area contributed by atoms with E-state index in [0.29, 0.717) is 13.1 Å². The highest BCUT2D eigenvalue weighted by Gasteiger charge is 2.30. The molecule has 2 aromatic rings. The minimum absolute atomic E-state index is 0.105. The van der Waals surface area contributed by atoms with Gasteiger partial charge in [0.25, 0.3) is 0 Å². The molecule has 0 aliphatic heterocycles. The lowest BCUT2D eigenvalue weighted by atomic mass is 10.1. The molecule has 0 fully saturated rings. The zero-order chi connectivity index (χ0) is 18.3. The topological polar surface area (TPSA) is 50.5 Å². The molecule has 4 nitrogen and oxygen atoms in total. The van der Waals surface area contributed by atoms with Gasteiger partial charge < -0.3 is 15.8 Å². The molecule has 2 rings (SSSR count). The van der Waals surface area contributed by atoms with Crippen LogP contribution in [0.5, 0.6) is 5.75 Å². The fraction of sp³-hybridized carbons (Fsp3) is 0.333. The molecule has 3 N–H and O–H groups in total. The molecule has 0 bridgehead atoms. The highest BCUT2D eigenvalue weighted by molar-refractivity contribution is 5.46. The first-order valence-corrected chi connectivity index (χ1v) is 7.93. The van der Waals surface area contributed by atoms with Gasteiger partial charge in [0.2, 0.25) is 0 Å². The van der Waals surface area contributed by atoms with Crippen molar-refractivity contribution < 1.29 is 17.9 Å². The van der Waals surface area contributed by atoms with Crippen LogP contribution in [0, 0.1) is 0 Å². The molecular weight excluding hydrogens is 331 g/mol. The molecular formula is C18H22F3N3O. The summed E-state index contributed by atoms with van der Waals surface area (Å²) < 4.78 is 40.2. The number of halogens is 3. The average molecular weight is 353 g/mol. The third kappa shape index (κ3) is 7.03. The molecule has 0 amide bonds. The predicted octanol–water partition coefficient (Wildman–Crippen LogP) is 3.46. The van der Waals surface area contributed by atoms with Gasteiger partial charge in [0, 0.05) is 25.2 Å². The Kier molecular flexibility index (Phi) is 6.66. The summed E-state index contributed by atoms with van der Waals surface area (Å²) in [6.07, 6.45) is -4.03. The molecule has 0 spiro atoms. The van der Waals surface area contributed by atoms with E-state index in [-0.39, 0.29) is 11.9 Å². The Hall–Kier alpha value is -2.25. The molecule has 0 radical (unpaired) electrons. The van der Waals surface area contributed by atoms with Crippen LogP contribution in [-0.2, 0) is 6.42 Å². The molecule has 7 heteroatoms. The van der Waals surface area contributed by atoms with Gasteiger partial charge in [-0.1, -0.05) is 30.3 Å². The van der Waals surface area contributed by atoms with Gasteiger partial charge in [0.15, 0.2) is 0 Å². The normalized spacial score (nSPS) is 12.9. The monoisotopic (exact) mass is 353 g/mol. The van der Waals surface area contributed by atoms with Gasteiger partial charge in [0.1, 0.15) is 5.75 Å². The van der Waals surface area contributed by atoms with Crippen molar-refractivity contribution in [1.29, 1.82) is 0 Å². The molecule has 1 unspecified atom stereocenters. The molecule has 0 aliphatic carbocycles. The molecule has 136 valence electrons. The van der Waals surface area contributed by atoms with Crippen molar-refractivity contribution in [2.45, 2.75) is 18.9 Å². The van der Waals surface area contributed by atoms with Gasteiger partial charge in [-0.15, -0.1) is 13.2 Å². The third-order valence-electron chi connectivity index (χ3n) is 3.74. The summed E-state index contributed by atoms with van der Waals surface area (Å²) in [5.74, 6) is -0.236. The van der Waals surface area contributed by atoms with Crippen LogP contribution < -0.4 is 15.8 Å². The second-order valence-electron chi connectivity index (χ2n) is 5.74. The number of alkyl halides is 3. The lowest BCUT2D eigenvalue weighted by molar-refractivity contribution is -0.274. The number of nitrogens with zero attached hydrogens (tertiary/aromatic N) is 1. The van der Waals surface area contributed by atoms with Gasteiger partial charge in [0.05, 0.1) is 6.17 Å². The van der Waals surface area contributed by atoms with Crippen LogP contribution in [0.3, 0.4) is 0 Å². The minimum Gasteiger partial charge on any atom is -0.406 e. The Morgan fingerprint density at radius 1 is 1.08 bits per heavy atom. The lowest BCUT2D eigenvalue weighted by Crippen LogP contribution is -2.43. The molecule has 0 aliphatic rings. The van der Waals surface area contributed by atoms with E-state index in [1.54, 1.807) is 12.1 Å². The molecule has 0 saturated heterocycles. The van der Waals surface area contributed by atoms with E-state index in [2.05, 4.69) is 10.1 Å². The third-order valence-corrected chi connectivity index (χ3v) is 3.74. The number of ether oxygens (including phenoxy) is 1. The fourth-order valence-electron chi connectivity index (χ4n) is 2.33. The van der Waals surface area contributed by atoms with E-state index < -0.39 is 6.36 Å². The average Bonchev–Trinajstić information content (AvgIpc) is 2.56. The first kappa shape index (κ1) is 19.1.